The fraction of sp³-hybridized carbons (Fsp3) is 0.727. The van der Waals surface area contributed by atoms with Gasteiger partial charge in [0.05, 0.1) is 26.4 Å². The molecule has 0 unspecified atom stereocenters. The number of imide groups is 4. The van der Waals surface area contributed by atoms with Gasteiger partial charge in [-0.3, -0.25) is 67.3 Å². The van der Waals surface area contributed by atoms with Gasteiger partial charge >= 0.3 is 11.9 Å². The van der Waals surface area contributed by atoms with Crippen LogP contribution in [-0.4, -0.2) is 215 Å². The van der Waals surface area contributed by atoms with Crippen molar-refractivity contribution in [3.8, 4) is 0 Å². The molecule has 4 heterocycles. The Bertz CT molecular complexity index is 2340. The van der Waals surface area contributed by atoms with E-state index in [-0.39, 0.29) is 208 Å². The summed E-state index contributed by atoms with van der Waals surface area (Å²) in [4.78, 5) is 176. The Hall–Kier alpha value is -6.66. The maximum Gasteiger partial charge on any atom is 0.333 e. The molecule has 4 aliphatic rings. The summed E-state index contributed by atoms with van der Waals surface area (Å²) < 4.78 is 22.8. The van der Waals surface area contributed by atoms with E-state index >= 15 is 0 Å². The number of carbonyl (C=O) groups excluding carboxylic acids is 14. The van der Waals surface area contributed by atoms with Gasteiger partial charge < -0.3 is 49.0 Å². The lowest BCUT2D eigenvalue weighted by Gasteiger charge is -2.34. The maximum atomic E-state index is 12.2. The highest BCUT2D eigenvalue weighted by molar-refractivity contribution is 6.13. The number of carbonyl (C=O) groups is 14. The summed E-state index contributed by atoms with van der Waals surface area (Å²) in [6.07, 6.45) is 18.2. The normalized spacial score (nSPS) is 14.9. The standard InChI is InChI=1S/C35H54N2O14.C31H46N2O10.4H2/c38-21-3-17-35(18-4-22-39,19-5-23-48-25-15-27(40)7-1-9-33(46)50-36-29(42)11-12-30(36)43)20-6-24-49-26-16-28(41)8-2-10-34(47)51-37-31(44)13-14-32(37)45;34-19-1-13-31(14-2-20-35,15-3-21-42-23-11-25(36)9-17-32-27(38)5-6-28(32)39)16-4-22-43-24-12-26(37)10-18-33-29(40)7-8-30(33)41;;;;/h38-39H,1-26H2;5-8,34-35H,1-4,9-24H2;4*1H. The highest BCUT2D eigenvalue weighted by Crippen LogP contribution is 2.41. The van der Waals surface area contributed by atoms with Crippen LogP contribution in [0.2, 0.25) is 0 Å². The van der Waals surface area contributed by atoms with E-state index in [1.165, 1.54) is 24.3 Å². The molecule has 4 rings (SSSR count). The van der Waals surface area contributed by atoms with Crippen LogP contribution >= 0.6 is 0 Å². The van der Waals surface area contributed by atoms with E-state index in [1.807, 2.05) is 0 Å². The van der Waals surface area contributed by atoms with Crippen molar-refractivity contribution < 1.29 is 122 Å². The van der Waals surface area contributed by atoms with Crippen LogP contribution < -0.4 is 0 Å². The molecule has 2 fully saturated rings. The molecule has 0 aliphatic carbocycles. The molecule has 0 radical (unpaired) electrons. The quantitative estimate of drug-likeness (QED) is 0.0447. The lowest BCUT2D eigenvalue weighted by molar-refractivity contribution is -0.197. The maximum absolute atomic E-state index is 12.2. The van der Waals surface area contributed by atoms with Crippen LogP contribution in [0.15, 0.2) is 24.3 Å². The summed E-state index contributed by atoms with van der Waals surface area (Å²) in [7, 11) is 0. The molecule has 0 saturated carbocycles. The van der Waals surface area contributed by atoms with Crippen LogP contribution in [-0.2, 0) is 95.7 Å². The number of rotatable bonds is 56. The second kappa shape index (κ2) is 47.3. The highest BCUT2D eigenvalue weighted by atomic mass is 16.7. The lowest BCUT2D eigenvalue weighted by atomic mass is 9.72. The van der Waals surface area contributed by atoms with E-state index < -0.39 is 59.2 Å². The molecular formula is C66H108N4O24. The zero-order chi connectivity index (χ0) is 69.0. The summed E-state index contributed by atoms with van der Waals surface area (Å²) in [6.45, 7) is 3.17. The smallest absolute Gasteiger partial charge is 0.333 e. The average Bonchev–Trinajstić information content (AvgIpc) is 1.64. The SMILES string of the molecule is O=C(CCCC(=O)ON1C(=O)CCC1=O)CCOCCCC(CCCO)(CCCO)CCCOCCC(=O)CCCC(=O)ON1C(=O)CCC1=O.O=C(CCOCCCC(CCCO)(CCCO)CCCOCCC(=O)CCN1C(=O)C=CC1=O)CCN1C(=O)C=CC1=O.[HH].[HH].[HH].[HH]. The molecule has 28 heteroatoms. The minimum Gasteiger partial charge on any atom is -0.396 e. The van der Waals surface area contributed by atoms with Gasteiger partial charge in [0.2, 0.25) is 0 Å². The first-order valence-corrected chi connectivity index (χ1v) is 33.2. The van der Waals surface area contributed by atoms with Gasteiger partial charge in [-0.1, -0.05) is 0 Å². The number of ether oxygens (including phenoxy) is 4. The number of amides is 8. The number of Topliss-reactive ketones (excluding diaryl/α,β-unsaturated/α-hetero) is 4. The Morgan fingerprint density at radius 3 is 0.830 bits per heavy atom. The van der Waals surface area contributed by atoms with E-state index in [2.05, 4.69) is 0 Å². The molecule has 94 heavy (non-hydrogen) atoms. The number of aliphatic hydroxyl groups is 4. The van der Waals surface area contributed by atoms with E-state index in [4.69, 9.17) is 28.6 Å². The summed E-state index contributed by atoms with van der Waals surface area (Å²) in [5.74, 6) is -5.60. The van der Waals surface area contributed by atoms with Gasteiger partial charge in [0.15, 0.2) is 0 Å². The Balaban J connectivity index is 0. The van der Waals surface area contributed by atoms with E-state index in [1.54, 1.807) is 0 Å². The monoisotopic (exact) mass is 1340 g/mol. The largest absolute Gasteiger partial charge is 0.396 e. The molecule has 28 nitrogen and oxygen atoms in total. The number of ketones is 4. The van der Waals surface area contributed by atoms with E-state index in [0.717, 1.165) is 86.8 Å². The van der Waals surface area contributed by atoms with Crippen molar-refractivity contribution in [3.05, 3.63) is 24.3 Å². The van der Waals surface area contributed by atoms with Crippen molar-refractivity contribution in [3.63, 3.8) is 0 Å². The summed E-state index contributed by atoms with van der Waals surface area (Å²) in [5.41, 5.74) is -0.239. The van der Waals surface area contributed by atoms with Crippen molar-refractivity contribution in [1.29, 1.82) is 0 Å². The molecular weight excluding hydrogens is 1230 g/mol. The summed E-state index contributed by atoms with van der Waals surface area (Å²) >= 11 is 0. The van der Waals surface area contributed by atoms with Gasteiger partial charge in [-0.05, 0) is 126 Å². The van der Waals surface area contributed by atoms with Crippen molar-refractivity contribution in [2.45, 2.75) is 205 Å². The van der Waals surface area contributed by atoms with Crippen LogP contribution in [0, 0.1) is 10.8 Å². The fourth-order valence-corrected chi connectivity index (χ4v) is 11.4. The number of hydroxylamine groups is 4. The average molecular weight is 1340 g/mol. The molecule has 0 aromatic carbocycles. The number of aliphatic hydroxyl groups excluding tert-OH is 4. The molecule has 4 aliphatic heterocycles. The first-order chi connectivity index (χ1) is 45.2. The third kappa shape index (κ3) is 33.1. The van der Waals surface area contributed by atoms with Crippen LogP contribution in [0.3, 0.4) is 0 Å². The van der Waals surface area contributed by atoms with Gasteiger partial charge in [-0.15, -0.1) is 10.1 Å². The van der Waals surface area contributed by atoms with E-state index in [0.29, 0.717) is 62.2 Å². The molecule has 0 aromatic heterocycles. The molecule has 8 amide bonds. The second-order valence-electron chi connectivity index (χ2n) is 23.9. The third-order valence-corrected chi connectivity index (χ3v) is 16.6. The van der Waals surface area contributed by atoms with Crippen LogP contribution in [0.1, 0.15) is 211 Å². The molecule has 0 spiro atoms. The van der Waals surface area contributed by atoms with Crippen molar-refractivity contribution >= 4 is 82.3 Å². The number of nitrogens with zero attached hydrogens (tertiary/aromatic N) is 4. The molecule has 536 valence electrons. The van der Waals surface area contributed by atoms with Crippen LogP contribution in [0.4, 0.5) is 0 Å². The minimum absolute atomic E-state index is 0. The zero-order valence-electron chi connectivity index (χ0n) is 54.6. The van der Waals surface area contributed by atoms with Crippen molar-refractivity contribution in [2.75, 3.05) is 92.4 Å². The Morgan fingerprint density at radius 1 is 0.330 bits per heavy atom. The predicted molar refractivity (Wildman–Crippen MR) is 340 cm³/mol. The fourth-order valence-electron chi connectivity index (χ4n) is 11.4. The van der Waals surface area contributed by atoms with Crippen LogP contribution in [0.25, 0.3) is 0 Å². The van der Waals surface area contributed by atoms with Crippen LogP contribution in [0.5, 0.6) is 0 Å². The topological polar surface area (TPSA) is 388 Å². The van der Waals surface area contributed by atoms with Gasteiger partial charge in [-0.25, -0.2) is 9.59 Å². The summed E-state index contributed by atoms with van der Waals surface area (Å²) in [5, 5.41) is 39.0. The molecule has 2 saturated heterocycles. The highest BCUT2D eigenvalue weighted by Gasteiger charge is 2.35. The first kappa shape index (κ1) is 81.6. The number of hydrogen-bond acceptors (Lipinski definition) is 24. The number of hydrogen-bond donors (Lipinski definition) is 4. The van der Waals surface area contributed by atoms with Crippen molar-refractivity contribution in [2.24, 2.45) is 10.8 Å². The van der Waals surface area contributed by atoms with Gasteiger partial charge in [0.25, 0.3) is 47.3 Å². The molecule has 0 atom stereocenters. The first-order valence-electron chi connectivity index (χ1n) is 33.2. The minimum atomic E-state index is -0.737. The third-order valence-electron chi connectivity index (χ3n) is 16.6. The predicted octanol–water partition coefficient (Wildman–Crippen LogP) is 5.23. The molecule has 0 bridgehead atoms. The second-order valence-corrected chi connectivity index (χ2v) is 23.9. The molecule has 0 aromatic rings. The van der Waals surface area contributed by atoms with Gasteiger partial charge in [0.1, 0.15) is 23.1 Å². The Labute approximate surface area is 555 Å². The Morgan fingerprint density at radius 2 is 0.574 bits per heavy atom. The lowest BCUT2D eigenvalue weighted by Crippen LogP contribution is -2.32. The van der Waals surface area contributed by atoms with Gasteiger partial charge in [-0.2, -0.15) is 0 Å². The summed E-state index contributed by atoms with van der Waals surface area (Å²) in [6, 6.07) is 0. The van der Waals surface area contributed by atoms with Crippen molar-refractivity contribution in [1.82, 2.24) is 19.9 Å². The zero-order valence-corrected chi connectivity index (χ0v) is 54.6. The van der Waals surface area contributed by atoms with E-state index in [9.17, 15) is 87.5 Å². The molecule has 4 N–H and O–H groups in total. The Kier molecular flexibility index (Phi) is 41.0. The van der Waals surface area contributed by atoms with Gasteiger partial charge in [0, 0.05) is 186 Å².